The second-order valence-electron chi connectivity index (χ2n) is 24.9. The monoisotopic (exact) mass is 1310 g/mol. The average molecular weight is 1310 g/mol. The maximum Gasteiger partial charge on any atom is 0.238 e. The van der Waals surface area contributed by atoms with E-state index < -0.39 is 0 Å². The van der Waals surface area contributed by atoms with Gasteiger partial charge in [-0.3, -0.25) is 14.1 Å². The lowest BCUT2D eigenvalue weighted by atomic mass is 10.00. The van der Waals surface area contributed by atoms with Gasteiger partial charge < -0.3 is 4.42 Å². The van der Waals surface area contributed by atoms with E-state index >= 15 is 0 Å². The number of hydrogen-bond acceptors (Lipinski definition) is 10. The fourth-order valence-corrected chi connectivity index (χ4v) is 20.5. The molecule has 10 aromatic heterocycles. The second-order valence-corrected chi connectivity index (χ2v) is 29.1. The summed E-state index contributed by atoms with van der Waals surface area (Å²) in [7, 11) is 0. The van der Waals surface area contributed by atoms with Crippen LogP contribution < -0.4 is 0 Å². The van der Waals surface area contributed by atoms with Gasteiger partial charge in [-0.05, 0) is 88.3 Å². The summed E-state index contributed by atoms with van der Waals surface area (Å²) in [5.74, 6) is 1.26. The molecule has 23 rings (SSSR count). The minimum atomic E-state index is 0.559. The molecule has 12 heteroatoms. The highest BCUT2D eigenvalue weighted by Crippen LogP contribution is 2.52. The number of rotatable bonds is 4. The third-order valence-electron chi connectivity index (χ3n) is 19.7. The predicted molar refractivity (Wildman–Crippen MR) is 413 cm³/mol. The Labute approximate surface area is 566 Å². The molecule has 10 heterocycles. The van der Waals surface area contributed by atoms with Gasteiger partial charge >= 0.3 is 0 Å². The fraction of sp³-hybridized carbons (Fsp3) is 0. The summed E-state index contributed by atoms with van der Waals surface area (Å²) >= 11 is 7.39. The third kappa shape index (κ3) is 7.63. The lowest BCUT2D eigenvalue weighted by Gasteiger charge is -2.12. The average Bonchev–Trinajstić information content (AvgIpc) is 1.55. The maximum absolute atomic E-state index is 6.39. The van der Waals surface area contributed by atoms with Crippen LogP contribution in [0.15, 0.2) is 278 Å². The van der Waals surface area contributed by atoms with Gasteiger partial charge in [0.05, 0.1) is 49.1 Å². The smallest absolute Gasteiger partial charge is 0.238 e. The molecule has 97 heavy (non-hydrogen) atoms. The lowest BCUT2D eigenvalue weighted by molar-refractivity contribution is 0.651. The van der Waals surface area contributed by atoms with Crippen LogP contribution in [-0.2, 0) is 0 Å². The Morgan fingerprint density at radius 1 is 0.299 bits per heavy atom. The van der Waals surface area contributed by atoms with Gasteiger partial charge in [0.15, 0.2) is 0 Å². The van der Waals surface area contributed by atoms with Crippen molar-refractivity contribution in [1.29, 1.82) is 0 Å². The van der Waals surface area contributed by atoms with E-state index in [1.807, 2.05) is 70.5 Å². The number of benzene rings is 13. The first kappa shape index (κ1) is 53.6. The van der Waals surface area contributed by atoms with Crippen molar-refractivity contribution in [2.24, 2.45) is 0 Å². The number of pyridine rings is 1. The Balaban J connectivity index is 0.000000128. The molecule has 0 atom stereocenters. The number of fused-ring (bicyclic) bond motifs is 31. The largest absolute Gasteiger partial charge is 0.437 e. The summed E-state index contributed by atoms with van der Waals surface area (Å²) in [4.78, 5) is 26.2. The number of aromatic nitrogens is 7. The van der Waals surface area contributed by atoms with Crippen molar-refractivity contribution in [2.45, 2.75) is 0 Å². The summed E-state index contributed by atoms with van der Waals surface area (Å²) in [6.45, 7) is 0. The number of thiophene rings is 4. The first-order valence-electron chi connectivity index (χ1n) is 32.3. The molecule has 0 saturated carbocycles. The van der Waals surface area contributed by atoms with Crippen molar-refractivity contribution in [3.8, 4) is 34.4 Å². The van der Waals surface area contributed by atoms with Crippen LogP contribution in [0.5, 0.6) is 0 Å². The minimum Gasteiger partial charge on any atom is -0.437 e. The standard InChI is InChI=1S/C48H25N3S3.C37H20N4OS/c1-2-12-28-26(11-1)21-24-39-41(28)44-47(54-39)43(27-22-23-38-34(25-27)29-13-6-9-19-36(29)52-38)49-48(50-44)51-35-18-8-5-16-32(35)42-45(51)31-15-4-3-14-30(31)40-33-17-7-10-20-37(33)53-46(40)42;1-2-12-23-22(11-1)30-26-15-5-8-18-29(26)43-35(30)32-24-13-3-6-16-27(24)41(34(23)32)37-39-33(21-10-9-19-38-20-21)31-25-14-4-7-17-28(25)42-36(31)40-37/h1-25H;1-20H. The zero-order valence-corrected chi connectivity index (χ0v) is 54.4. The molecule has 13 aromatic carbocycles. The van der Waals surface area contributed by atoms with Gasteiger partial charge in [-0.2, -0.15) is 4.98 Å². The quantitative estimate of drug-likeness (QED) is 0.174. The van der Waals surface area contributed by atoms with Crippen molar-refractivity contribution in [3.05, 3.63) is 273 Å². The van der Waals surface area contributed by atoms with Crippen LogP contribution in [0.3, 0.4) is 0 Å². The van der Waals surface area contributed by atoms with Crippen LogP contribution in [0.25, 0.3) is 213 Å². The molecule has 23 aromatic rings. The highest BCUT2D eigenvalue weighted by atomic mass is 32.1. The first-order valence-corrected chi connectivity index (χ1v) is 35.5. The molecule has 0 fully saturated rings. The number of furan rings is 1. The van der Waals surface area contributed by atoms with E-state index in [2.05, 4.69) is 245 Å². The molecule has 0 unspecified atom stereocenters. The second kappa shape index (κ2) is 20.4. The highest BCUT2D eigenvalue weighted by Gasteiger charge is 2.28. The zero-order valence-electron chi connectivity index (χ0n) is 51.2. The topological polar surface area (TPSA) is 87.5 Å². The van der Waals surface area contributed by atoms with Crippen molar-refractivity contribution in [1.82, 2.24) is 34.1 Å². The summed E-state index contributed by atoms with van der Waals surface area (Å²) < 4.78 is 21.1. The minimum absolute atomic E-state index is 0.559. The molecule has 0 aliphatic heterocycles. The van der Waals surface area contributed by atoms with Crippen LogP contribution in [-0.4, -0.2) is 34.1 Å². The van der Waals surface area contributed by atoms with Gasteiger partial charge in [-0.25, -0.2) is 15.0 Å². The van der Waals surface area contributed by atoms with Crippen LogP contribution in [0.1, 0.15) is 0 Å². The molecule has 0 radical (unpaired) electrons. The van der Waals surface area contributed by atoms with E-state index in [9.17, 15) is 0 Å². The Morgan fingerprint density at radius 3 is 1.45 bits per heavy atom. The molecule has 450 valence electrons. The maximum atomic E-state index is 6.39. The van der Waals surface area contributed by atoms with Gasteiger partial charge in [0.1, 0.15) is 5.58 Å². The SMILES string of the molecule is c1ccc2c(c1)ccc1sc3c(-c4ccc5sc6ccccc6c5c4)nc(-n4c5ccccc5c5c6sc7ccccc7c6c6ccccc6c54)nc3c12.c1cncc(-c2nc(-n3c4ccccc4c4c5sc6ccccc6c5c5ccccc5c43)nc3oc4ccccc4c23)c1. The van der Waals surface area contributed by atoms with E-state index in [-0.39, 0.29) is 0 Å². The van der Waals surface area contributed by atoms with Crippen molar-refractivity contribution >= 4 is 224 Å². The first-order chi connectivity index (χ1) is 48.1. The van der Waals surface area contributed by atoms with Crippen LogP contribution in [0.2, 0.25) is 0 Å². The molecule has 0 bridgehead atoms. The zero-order chi connectivity index (χ0) is 63.1. The van der Waals surface area contributed by atoms with E-state index in [4.69, 9.17) is 24.4 Å². The third-order valence-corrected chi connectivity index (χ3v) is 24.4. The lowest BCUT2D eigenvalue weighted by Crippen LogP contribution is -2.03. The molecule has 8 nitrogen and oxygen atoms in total. The number of para-hydroxylation sites is 3. The number of hydrogen-bond donors (Lipinski definition) is 0. The molecule has 0 N–H and O–H groups in total. The Hall–Kier alpha value is -11.8. The predicted octanol–water partition coefficient (Wildman–Crippen LogP) is 24.7. The highest BCUT2D eigenvalue weighted by molar-refractivity contribution is 7.28. The van der Waals surface area contributed by atoms with Crippen molar-refractivity contribution in [3.63, 3.8) is 0 Å². The van der Waals surface area contributed by atoms with Gasteiger partial charge in [0.25, 0.3) is 0 Å². The molecule has 0 aliphatic rings. The van der Waals surface area contributed by atoms with Gasteiger partial charge in [0, 0.05) is 132 Å². The molecule has 0 amide bonds. The Kier molecular flexibility index (Phi) is 11.3. The fourth-order valence-electron chi connectivity index (χ4n) is 15.6. The number of nitrogens with zero attached hydrogens (tertiary/aromatic N) is 7. The van der Waals surface area contributed by atoms with E-state index in [0.29, 0.717) is 17.6 Å². The van der Waals surface area contributed by atoms with Gasteiger partial charge in [-0.1, -0.05) is 194 Å². The normalized spacial score (nSPS) is 12.3. The summed E-state index contributed by atoms with van der Waals surface area (Å²) in [5.41, 5.74) is 10.6. The van der Waals surface area contributed by atoms with E-state index in [1.54, 1.807) is 17.5 Å². The van der Waals surface area contributed by atoms with Crippen LogP contribution in [0, 0.1) is 0 Å². The Bertz CT molecular complexity index is 7350. The molecular weight excluding hydrogens is 1260 g/mol. The van der Waals surface area contributed by atoms with Gasteiger partial charge in [0.2, 0.25) is 17.6 Å². The van der Waals surface area contributed by atoms with Crippen LogP contribution >= 0.6 is 45.3 Å². The molecule has 0 saturated heterocycles. The van der Waals surface area contributed by atoms with E-state index in [1.165, 1.54) is 124 Å². The summed E-state index contributed by atoms with van der Waals surface area (Å²) in [6.07, 6.45) is 3.64. The molecule has 0 aliphatic carbocycles. The molecule has 0 spiro atoms. The van der Waals surface area contributed by atoms with E-state index in [0.717, 1.165) is 71.2 Å². The summed E-state index contributed by atoms with van der Waals surface area (Å²) in [5, 5.41) is 23.0. The Morgan fingerprint density at radius 2 is 0.804 bits per heavy atom. The van der Waals surface area contributed by atoms with Crippen LogP contribution in [0.4, 0.5) is 0 Å². The summed E-state index contributed by atoms with van der Waals surface area (Å²) in [6, 6.07) is 93.4. The van der Waals surface area contributed by atoms with Crippen molar-refractivity contribution < 1.29 is 4.42 Å². The van der Waals surface area contributed by atoms with Crippen molar-refractivity contribution in [2.75, 3.05) is 0 Å². The van der Waals surface area contributed by atoms with Gasteiger partial charge in [-0.15, -0.1) is 45.3 Å². The molecular formula is C85H45N7OS4.